The fourth-order valence-electron chi connectivity index (χ4n) is 2.95. The Morgan fingerprint density at radius 1 is 1.12 bits per heavy atom. The minimum absolute atomic E-state index is 0.227. The van der Waals surface area contributed by atoms with Gasteiger partial charge < -0.3 is 9.64 Å². The third-order valence-electron chi connectivity index (χ3n) is 4.20. The molecule has 0 aliphatic carbocycles. The zero-order valence-electron chi connectivity index (χ0n) is 14.1. The topological polar surface area (TPSA) is 63.7 Å². The number of carbonyl (C=O) groups excluding carboxylic acids is 2. The fraction of sp³-hybridized carbons (Fsp3) is 0.263. The van der Waals surface area contributed by atoms with E-state index < -0.39 is 22.9 Å². The van der Waals surface area contributed by atoms with Crippen molar-refractivity contribution in [1.29, 1.82) is 0 Å². The van der Waals surface area contributed by atoms with Gasteiger partial charge in [0.2, 0.25) is 0 Å². The number of esters is 1. The summed E-state index contributed by atoms with van der Waals surface area (Å²) in [5, 5.41) is 0. The molecular formula is C19H19NO4S. The predicted molar refractivity (Wildman–Crippen MR) is 96.2 cm³/mol. The molecule has 0 N–H and O–H groups in total. The number of hydrogen-bond acceptors (Lipinski definition) is 4. The van der Waals surface area contributed by atoms with Gasteiger partial charge >= 0.3 is 5.97 Å². The van der Waals surface area contributed by atoms with E-state index >= 15 is 0 Å². The third kappa shape index (κ3) is 3.49. The molecule has 0 aromatic heterocycles. The summed E-state index contributed by atoms with van der Waals surface area (Å²) in [5.74, 6) is -0.896. The second-order valence-corrected chi connectivity index (χ2v) is 7.21. The minimum Gasteiger partial charge on any atom is -0.449 e. The summed E-state index contributed by atoms with van der Waals surface area (Å²) in [7, 11) is -1.31. The molecule has 0 spiro atoms. The molecule has 0 saturated heterocycles. The second-order valence-electron chi connectivity index (χ2n) is 5.87. The van der Waals surface area contributed by atoms with Crippen LogP contribution in [0.25, 0.3) is 0 Å². The zero-order valence-corrected chi connectivity index (χ0v) is 14.9. The van der Waals surface area contributed by atoms with Crippen molar-refractivity contribution >= 4 is 28.4 Å². The highest BCUT2D eigenvalue weighted by atomic mass is 32.2. The van der Waals surface area contributed by atoms with Crippen LogP contribution in [0.4, 0.5) is 5.69 Å². The Kier molecular flexibility index (Phi) is 4.99. The summed E-state index contributed by atoms with van der Waals surface area (Å²) < 4.78 is 17.1. The summed E-state index contributed by atoms with van der Waals surface area (Å²) in [6.07, 6.45) is 1.37. The van der Waals surface area contributed by atoms with Gasteiger partial charge in [-0.05, 0) is 37.1 Å². The van der Waals surface area contributed by atoms with Gasteiger partial charge in [0.25, 0.3) is 5.91 Å². The van der Waals surface area contributed by atoms with Crippen LogP contribution >= 0.6 is 0 Å². The van der Waals surface area contributed by atoms with Crippen LogP contribution in [0.1, 0.15) is 22.8 Å². The Bertz CT molecular complexity index is 849. The monoisotopic (exact) mass is 357 g/mol. The minimum atomic E-state index is -1.31. The summed E-state index contributed by atoms with van der Waals surface area (Å²) in [6, 6.07) is 14.3. The summed E-state index contributed by atoms with van der Waals surface area (Å²) in [5.41, 5.74) is 2.20. The van der Waals surface area contributed by atoms with Gasteiger partial charge in [-0.2, -0.15) is 0 Å². The predicted octanol–water partition coefficient (Wildman–Crippen LogP) is 2.56. The van der Waals surface area contributed by atoms with E-state index in [-0.39, 0.29) is 11.5 Å². The van der Waals surface area contributed by atoms with Crippen LogP contribution < -0.4 is 4.90 Å². The number of para-hydroxylation sites is 1. The average Bonchev–Trinajstić information content (AvgIpc) is 3.05. The number of benzene rings is 2. The molecule has 2 aromatic rings. The Labute approximate surface area is 149 Å². The zero-order chi connectivity index (χ0) is 18.0. The van der Waals surface area contributed by atoms with Gasteiger partial charge in [0.05, 0.1) is 21.3 Å². The van der Waals surface area contributed by atoms with Gasteiger partial charge in [0.15, 0.2) is 6.10 Å². The smallest absolute Gasteiger partial charge is 0.340 e. The molecule has 1 amide bonds. The van der Waals surface area contributed by atoms with E-state index in [9.17, 15) is 13.8 Å². The molecule has 130 valence electrons. The number of nitrogens with zero attached hydrogens (tertiary/aromatic N) is 1. The molecule has 2 atom stereocenters. The van der Waals surface area contributed by atoms with Crippen LogP contribution in [-0.4, -0.2) is 35.0 Å². The van der Waals surface area contributed by atoms with Gasteiger partial charge in [0.1, 0.15) is 0 Å². The molecular weight excluding hydrogens is 338 g/mol. The van der Waals surface area contributed by atoms with Gasteiger partial charge in [-0.3, -0.25) is 9.00 Å². The second kappa shape index (κ2) is 7.19. The largest absolute Gasteiger partial charge is 0.449 e. The number of amides is 1. The van der Waals surface area contributed by atoms with Crippen molar-refractivity contribution in [3.8, 4) is 0 Å². The first kappa shape index (κ1) is 17.4. The molecule has 1 heterocycles. The summed E-state index contributed by atoms with van der Waals surface area (Å²) >= 11 is 0. The van der Waals surface area contributed by atoms with E-state index in [4.69, 9.17) is 4.74 Å². The highest BCUT2D eigenvalue weighted by Crippen LogP contribution is 2.28. The van der Waals surface area contributed by atoms with Crippen LogP contribution in [0.15, 0.2) is 53.4 Å². The van der Waals surface area contributed by atoms with Gasteiger partial charge in [-0.1, -0.05) is 30.3 Å². The lowest BCUT2D eigenvalue weighted by atomic mass is 10.2. The highest BCUT2D eigenvalue weighted by Gasteiger charge is 2.30. The lowest BCUT2D eigenvalue weighted by molar-refractivity contribution is -0.126. The van der Waals surface area contributed by atoms with Crippen LogP contribution in [-0.2, 0) is 26.8 Å². The first-order valence-electron chi connectivity index (χ1n) is 8.01. The molecule has 0 fully saturated rings. The first-order chi connectivity index (χ1) is 12.0. The van der Waals surface area contributed by atoms with Crippen LogP contribution in [0, 0.1) is 0 Å². The SMILES string of the molecule is C[C@H](OC(=O)c1ccccc1[S@@](C)=O)C(=O)N1CCc2ccccc21. The molecule has 0 bridgehead atoms. The molecule has 0 unspecified atom stereocenters. The Morgan fingerprint density at radius 3 is 2.56 bits per heavy atom. The molecule has 0 radical (unpaired) electrons. The van der Waals surface area contributed by atoms with Crippen molar-refractivity contribution < 1.29 is 18.5 Å². The van der Waals surface area contributed by atoms with Crippen molar-refractivity contribution in [3.63, 3.8) is 0 Å². The maximum absolute atomic E-state index is 12.7. The molecule has 1 aliphatic heterocycles. The Hall–Kier alpha value is -2.47. The normalized spacial score (nSPS) is 15.4. The Morgan fingerprint density at radius 2 is 1.80 bits per heavy atom. The fourth-order valence-corrected chi connectivity index (χ4v) is 3.68. The van der Waals surface area contributed by atoms with Crippen LogP contribution in [0.2, 0.25) is 0 Å². The maximum atomic E-state index is 12.7. The molecule has 2 aromatic carbocycles. The molecule has 25 heavy (non-hydrogen) atoms. The van der Waals surface area contributed by atoms with Crippen molar-refractivity contribution in [1.82, 2.24) is 0 Å². The summed E-state index contributed by atoms with van der Waals surface area (Å²) in [6.45, 7) is 2.14. The first-order valence-corrected chi connectivity index (χ1v) is 9.57. The van der Waals surface area contributed by atoms with E-state index in [1.54, 1.807) is 36.1 Å². The van der Waals surface area contributed by atoms with E-state index in [0.717, 1.165) is 17.7 Å². The highest BCUT2D eigenvalue weighted by molar-refractivity contribution is 7.84. The molecule has 5 nitrogen and oxygen atoms in total. The number of ether oxygens (including phenoxy) is 1. The van der Waals surface area contributed by atoms with Crippen molar-refractivity contribution in [2.24, 2.45) is 0 Å². The quantitative estimate of drug-likeness (QED) is 0.789. The molecule has 1 aliphatic rings. The molecule has 3 rings (SSSR count). The van der Waals surface area contributed by atoms with E-state index in [1.165, 1.54) is 6.26 Å². The third-order valence-corrected chi connectivity index (χ3v) is 5.18. The van der Waals surface area contributed by atoms with Gasteiger partial charge in [0, 0.05) is 18.5 Å². The molecule has 6 heteroatoms. The standard InChI is InChI=1S/C19H19NO4S/c1-13(18(21)20-12-11-14-7-3-5-9-16(14)20)24-19(22)15-8-4-6-10-17(15)25(2)23/h3-10,13H,11-12H2,1-2H3/t13-,25+/m0/s1. The van der Waals surface area contributed by atoms with Crippen molar-refractivity contribution in [2.45, 2.75) is 24.3 Å². The van der Waals surface area contributed by atoms with Crippen molar-refractivity contribution in [3.05, 3.63) is 59.7 Å². The van der Waals surface area contributed by atoms with E-state index in [1.807, 2.05) is 24.3 Å². The lowest BCUT2D eigenvalue weighted by Gasteiger charge is -2.22. The lowest BCUT2D eigenvalue weighted by Crippen LogP contribution is -2.39. The van der Waals surface area contributed by atoms with E-state index in [0.29, 0.717) is 11.4 Å². The number of anilines is 1. The molecule has 0 saturated carbocycles. The van der Waals surface area contributed by atoms with Gasteiger partial charge in [-0.15, -0.1) is 0 Å². The average molecular weight is 357 g/mol. The number of fused-ring (bicyclic) bond motifs is 1. The van der Waals surface area contributed by atoms with E-state index in [2.05, 4.69) is 0 Å². The van der Waals surface area contributed by atoms with Crippen LogP contribution in [0.5, 0.6) is 0 Å². The Balaban J connectivity index is 1.75. The van der Waals surface area contributed by atoms with Gasteiger partial charge in [-0.25, -0.2) is 4.79 Å². The maximum Gasteiger partial charge on any atom is 0.340 e. The number of rotatable bonds is 4. The number of carbonyl (C=O) groups is 2. The summed E-state index contributed by atoms with van der Waals surface area (Å²) in [4.78, 5) is 27.2. The van der Waals surface area contributed by atoms with Crippen molar-refractivity contribution in [2.75, 3.05) is 17.7 Å². The number of hydrogen-bond donors (Lipinski definition) is 0. The van der Waals surface area contributed by atoms with Crippen LogP contribution in [0.3, 0.4) is 0 Å².